The predicted molar refractivity (Wildman–Crippen MR) is 62.3 cm³/mol. The van der Waals surface area contributed by atoms with Crippen LogP contribution in [0.5, 0.6) is 0 Å². The van der Waals surface area contributed by atoms with Gasteiger partial charge in [-0.2, -0.15) is 0 Å². The van der Waals surface area contributed by atoms with E-state index in [1.54, 1.807) is 6.08 Å². The summed E-state index contributed by atoms with van der Waals surface area (Å²) in [5.74, 6) is 0. The smallest absolute Gasteiger partial charge is 0.211 e. The third kappa shape index (κ3) is 2.64. The molecule has 0 aromatic heterocycles. The second-order valence-electron chi connectivity index (χ2n) is 3.45. The molecule has 0 fully saturated rings. The predicted octanol–water partition coefficient (Wildman–Crippen LogP) is 3.25. The van der Waals surface area contributed by atoms with Gasteiger partial charge in [-0.3, -0.25) is 0 Å². The number of aliphatic imine (C=N–C) groups is 1. The number of nitrogens with zero attached hydrogens (tertiary/aromatic N) is 1. The van der Waals surface area contributed by atoms with E-state index >= 15 is 0 Å². The summed E-state index contributed by atoms with van der Waals surface area (Å²) in [6.45, 7) is 8.54. The van der Waals surface area contributed by atoms with E-state index in [2.05, 4.69) is 24.6 Å². The highest BCUT2D eigenvalue weighted by Crippen LogP contribution is 2.23. The molecule has 0 spiro atoms. The molecule has 0 bridgehead atoms. The van der Waals surface area contributed by atoms with Gasteiger partial charge in [0.2, 0.25) is 6.08 Å². The van der Waals surface area contributed by atoms with E-state index in [4.69, 9.17) is 0 Å². The summed E-state index contributed by atoms with van der Waals surface area (Å²) in [6.07, 6.45) is 2.49. The summed E-state index contributed by atoms with van der Waals surface area (Å²) in [5.41, 5.74) is 4.49. The minimum atomic E-state index is 0.403. The van der Waals surface area contributed by atoms with Gasteiger partial charge in [-0.05, 0) is 35.6 Å². The molecule has 0 radical (unpaired) electrons. The van der Waals surface area contributed by atoms with Crippen LogP contribution in [0, 0.1) is 6.92 Å². The minimum absolute atomic E-state index is 0.403. The van der Waals surface area contributed by atoms with Crippen molar-refractivity contribution in [3.63, 3.8) is 0 Å². The highest BCUT2D eigenvalue weighted by atomic mass is 16.1. The first-order valence-corrected chi connectivity index (χ1v) is 5.01. The molecular formula is C13H15NO. The lowest BCUT2D eigenvalue weighted by Gasteiger charge is -2.10. The van der Waals surface area contributed by atoms with Crippen molar-refractivity contribution in [1.29, 1.82) is 0 Å². The van der Waals surface area contributed by atoms with Crippen LogP contribution in [0.3, 0.4) is 0 Å². The van der Waals surface area contributed by atoms with Crippen LogP contribution in [-0.2, 0) is 11.3 Å². The second-order valence-corrected chi connectivity index (χ2v) is 3.45. The van der Waals surface area contributed by atoms with Crippen LogP contribution < -0.4 is 0 Å². The Morgan fingerprint density at radius 3 is 2.87 bits per heavy atom. The highest BCUT2D eigenvalue weighted by Gasteiger charge is 2.04. The summed E-state index contributed by atoms with van der Waals surface area (Å²) < 4.78 is 0. The first-order chi connectivity index (χ1) is 7.20. The lowest BCUT2D eigenvalue weighted by Crippen LogP contribution is -1.93. The molecule has 0 N–H and O–H groups in total. The summed E-state index contributed by atoms with van der Waals surface area (Å²) in [5, 5.41) is 0. The summed E-state index contributed by atoms with van der Waals surface area (Å²) in [6, 6.07) is 6.00. The fourth-order valence-corrected chi connectivity index (χ4v) is 1.55. The Balaban J connectivity index is 3.10. The van der Waals surface area contributed by atoms with Gasteiger partial charge in [0, 0.05) is 0 Å². The maximum absolute atomic E-state index is 10.1. The Hall–Kier alpha value is -1.66. The van der Waals surface area contributed by atoms with Gasteiger partial charge in [0.25, 0.3) is 0 Å². The van der Waals surface area contributed by atoms with Crippen molar-refractivity contribution in [3.8, 4) is 0 Å². The van der Waals surface area contributed by atoms with Gasteiger partial charge in [-0.25, -0.2) is 9.79 Å². The molecule has 1 aromatic rings. The Bertz CT molecular complexity index is 415. The van der Waals surface area contributed by atoms with E-state index < -0.39 is 0 Å². The zero-order valence-electron chi connectivity index (χ0n) is 9.21. The number of allylic oxidation sites excluding steroid dienone is 1. The van der Waals surface area contributed by atoms with Crippen LogP contribution in [0.4, 0.5) is 0 Å². The van der Waals surface area contributed by atoms with Crippen LogP contribution in [-0.4, -0.2) is 6.08 Å². The maximum atomic E-state index is 10.1. The molecule has 0 atom stereocenters. The Labute approximate surface area is 90.4 Å². The van der Waals surface area contributed by atoms with Crippen molar-refractivity contribution in [3.05, 3.63) is 41.5 Å². The van der Waals surface area contributed by atoms with Gasteiger partial charge in [-0.1, -0.05) is 31.7 Å². The fraction of sp³-hybridized carbons (Fsp3) is 0.308. The average Bonchev–Trinajstić information content (AvgIpc) is 2.27. The van der Waals surface area contributed by atoms with Gasteiger partial charge >= 0.3 is 0 Å². The van der Waals surface area contributed by atoms with E-state index in [1.807, 2.05) is 19.1 Å². The average molecular weight is 201 g/mol. The zero-order valence-corrected chi connectivity index (χ0v) is 9.21. The SMILES string of the molecule is C=C(CC)c1cccc(CN=C=O)c1C. The molecule has 0 aliphatic carbocycles. The fourth-order valence-electron chi connectivity index (χ4n) is 1.55. The van der Waals surface area contributed by atoms with E-state index in [9.17, 15) is 4.79 Å². The monoisotopic (exact) mass is 201 g/mol. The lowest BCUT2D eigenvalue weighted by molar-refractivity contribution is 0.562. The van der Waals surface area contributed by atoms with Crippen molar-refractivity contribution in [2.24, 2.45) is 4.99 Å². The summed E-state index contributed by atoms with van der Waals surface area (Å²) in [7, 11) is 0. The Morgan fingerprint density at radius 2 is 2.27 bits per heavy atom. The third-order valence-electron chi connectivity index (χ3n) is 2.57. The molecular weight excluding hydrogens is 186 g/mol. The van der Waals surface area contributed by atoms with Crippen LogP contribution in [0.2, 0.25) is 0 Å². The van der Waals surface area contributed by atoms with Gasteiger partial charge in [0.1, 0.15) is 0 Å². The van der Waals surface area contributed by atoms with Gasteiger partial charge in [-0.15, -0.1) is 0 Å². The molecule has 0 aliphatic rings. The number of hydrogen-bond acceptors (Lipinski definition) is 2. The molecule has 78 valence electrons. The molecule has 15 heavy (non-hydrogen) atoms. The summed E-state index contributed by atoms with van der Waals surface area (Å²) >= 11 is 0. The molecule has 0 amide bonds. The van der Waals surface area contributed by atoms with Crippen molar-refractivity contribution in [2.75, 3.05) is 0 Å². The van der Waals surface area contributed by atoms with Gasteiger partial charge in [0.05, 0.1) is 6.54 Å². The molecule has 0 saturated heterocycles. The van der Waals surface area contributed by atoms with Crippen molar-refractivity contribution in [1.82, 2.24) is 0 Å². The highest BCUT2D eigenvalue weighted by molar-refractivity contribution is 5.67. The second kappa shape index (κ2) is 5.28. The molecule has 2 heteroatoms. The Morgan fingerprint density at radius 1 is 1.53 bits per heavy atom. The minimum Gasteiger partial charge on any atom is -0.211 e. The molecule has 0 aliphatic heterocycles. The Kier molecular flexibility index (Phi) is 4.02. The van der Waals surface area contributed by atoms with Crippen LogP contribution in [0.1, 0.15) is 30.0 Å². The number of isocyanates is 1. The number of carbonyl (C=O) groups excluding carboxylic acids is 1. The van der Waals surface area contributed by atoms with E-state index in [0.717, 1.165) is 28.7 Å². The number of hydrogen-bond donors (Lipinski definition) is 0. The van der Waals surface area contributed by atoms with Crippen LogP contribution >= 0.6 is 0 Å². The van der Waals surface area contributed by atoms with Crippen LogP contribution in [0.15, 0.2) is 29.8 Å². The maximum Gasteiger partial charge on any atom is 0.235 e. The van der Waals surface area contributed by atoms with Gasteiger partial charge in [0.15, 0.2) is 0 Å². The van der Waals surface area contributed by atoms with Crippen molar-refractivity contribution >= 4 is 11.7 Å². The quantitative estimate of drug-likeness (QED) is 0.543. The first-order valence-electron chi connectivity index (χ1n) is 5.01. The third-order valence-corrected chi connectivity index (χ3v) is 2.57. The molecule has 1 aromatic carbocycles. The van der Waals surface area contributed by atoms with E-state index in [-0.39, 0.29) is 0 Å². The van der Waals surface area contributed by atoms with Gasteiger partial charge < -0.3 is 0 Å². The first kappa shape index (κ1) is 11.4. The van der Waals surface area contributed by atoms with E-state index in [1.165, 1.54) is 0 Å². The molecule has 0 heterocycles. The molecule has 0 saturated carbocycles. The topological polar surface area (TPSA) is 29.4 Å². The number of benzene rings is 1. The van der Waals surface area contributed by atoms with E-state index in [0.29, 0.717) is 6.54 Å². The largest absolute Gasteiger partial charge is 0.235 e. The molecule has 2 nitrogen and oxygen atoms in total. The molecule has 0 unspecified atom stereocenters. The lowest BCUT2D eigenvalue weighted by atomic mass is 9.96. The van der Waals surface area contributed by atoms with Crippen molar-refractivity contribution in [2.45, 2.75) is 26.8 Å². The van der Waals surface area contributed by atoms with Crippen LogP contribution in [0.25, 0.3) is 5.57 Å². The standard InChI is InChI=1S/C13H15NO/c1-4-10(2)13-7-5-6-12(11(13)3)8-14-9-15/h5-7H,2,4,8H2,1,3H3. The van der Waals surface area contributed by atoms with Crippen molar-refractivity contribution < 1.29 is 4.79 Å². The normalized spacial score (nSPS) is 9.47. The molecule has 1 rings (SSSR count). The summed E-state index contributed by atoms with van der Waals surface area (Å²) in [4.78, 5) is 13.6. The zero-order chi connectivity index (χ0) is 11.3. The number of rotatable bonds is 4.